The van der Waals surface area contributed by atoms with Crippen molar-refractivity contribution in [3.63, 3.8) is 0 Å². The summed E-state index contributed by atoms with van der Waals surface area (Å²) in [5, 5.41) is 5.40. The van der Waals surface area contributed by atoms with Crippen LogP contribution in [0.5, 0.6) is 0 Å². The number of fused-ring (bicyclic) bond motifs is 5. The van der Waals surface area contributed by atoms with Crippen molar-refractivity contribution in [2.75, 3.05) is 0 Å². The van der Waals surface area contributed by atoms with Crippen molar-refractivity contribution in [3.05, 3.63) is 545 Å². The van der Waals surface area contributed by atoms with Gasteiger partial charge in [-0.25, -0.2) is 49.8 Å². The van der Waals surface area contributed by atoms with E-state index in [0.717, 1.165) is 168 Å². The van der Waals surface area contributed by atoms with Gasteiger partial charge in [0.25, 0.3) is 0 Å². The average Bonchev–Trinajstić information content (AvgIpc) is 0.759. The molecule has 0 aliphatic heterocycles. The van der Waals surface area contributed by atoms with Gasteiger partial charge in [-0.15, -0.1) is 0 Å². The lowest BCUT2D eigenvalue weighted by molar-refractivity contribution is 1.10. The van der Waals surface area contributed by atoms with E-state index in [0.29, 0.717) is 0 Å². The summed E-state index contributed by atoms with van der Waals surface area (Å²) >= 11 is 0. The zero-order valence-electron chi connectivity index (χ0n) is 81.0. The molecule has 0 saturated heterocycles. The molecule has 0 bridgehead atoms. The fourth-order valence-electron chi connectivity index (χ4n) is 19.1. The summed E-state index contributed by atoms with van der Waals surface area (Å²) in [5.74, 6) is 3.92. The monoisotopic (exact) mass is 1860 g/mol. The molecule has 0 N–H and O–H groups in total. The molecule has 0 aliphatic rings. The molecular formula is C135H100N10. The number of aromatic nitrogens is 10. The first-order valence-corrected chi connectivity index (χ1v) is 48.9. The number of aryl methyl sites for hydroxylation is 5. The van der Waals surface area contributed by atoms with Crippen molar-refractivity contribution in [3.8, 4) is 168 Å². The quantitative estimate of drug-likeness (QED) is 0.0978. The Bertz CT molecular complexity index is 8820. The molecule has 20 aromatic carbocycles. The van der Waals surface area contributed by atoms with Gasteiger partial charge in [0.15, 0.2) is 0 Å². The Morgan fingerprint density at radius 3 is 0.800 bits per heavy atom. The third-order valence-corrected chi connectivity index (χ3v) is 25.8. The second kappa shape index (κ2) is 43.2. The fraction of sp³-hybridized carbons (Fsp3) is 0.0370. The van der Waals surface area contributed by atoms with E-state index in [4.69, 9.17) is 44.9 Å². The summed E-state index contributed by atoms with van der Waals surface area (Å²) in [7, 11) is 0. The Morgan fingerprint density at radius 2 is 0.372 bits per heavy atom. The zero-order chi connectivity index (χ0) is 98.2. The summed E-state index contributed by atoms with van der Waals surface area (Å²) in [6, 6.07) is 179. The molecule has 0 unspecified atom stereocenters. The van der Waals surface area contributed by atoms with E-state index in [-0.39, 0.29) is 0 Å². The highest BCUT2D eigenvalue weighted by molar-refractivity contribution is 6.08. The van der Waals surface area contributed by atoms with Crippen molar-refractivity contribution in [2.45, 2.75) is 34.6 Å². The Morgan fingerprint density at radius 1 is 0.117 bits per heavy atom. The van der Waals surface area contributed by atoms with Gasteiger partial charge in [-0.2, -0.15) is 0 Å². The van der Waals surface area contributed by atoms with Crippen LogP contribution in [0, 0.1) is 34.6 Å². The predicted molar refractivity (Wildman–Crippen MR) is 603 cm³/mol. The first-order valence-electron chi connectivity index (χ1n) is 48.9. The molecule has 0 amide bonds. The van der Waals surface area contributed by atoms with E-state index in [1.54, 1.807) is 0 Å². The maximum absolute atomic E-state index is 4.85. The maximum atomic E-state index is 4.85. The van der Waals surface area contributed by atoms with Crippen LogP contribution >= 0.6 is 0 Å². The van der Waals surface area contributed by atoms with Gasteiger partial charge < -0.3 is 0 Å². The molecule has 0 spiro atoms. The van der Waals surface area contributed by atoms with Crippen LogP contribution in [0.25, 0.3) is 222 Å². The standard InChI is InChI=1S/5C27H20N2/c1-19-28-25-17-9-16-24(26(25)27(29-19)21-12-6-3-7-13-21)23-15-8-14-22(18-23)20-10-4-2-5-11-20;1-19-28-26(21-12-6-3-7-13-21)25-17-9-16-24(27(25)29-19)23-15-8-14-22(18-23)20-10-4-2-5-11-20;1-19-28-25-18-10-17-24(26(25)27(29-19)21-13-6-3-7-14-21)23-16-9-8-15-22(23)20-11-4-2-5-12-20;1-19-28-26-16-15-24(18-25(26)27(29-19)21-11-6-3-7-12-21)23-14-8-13-22(17-23)20-9-4-2-5-10-20;1-19-28-26-18-24(15-16-25(26)27(29-19)21-11-6-3-7-12-21)23-14-8-13-22(17-23)20-9-4-2-5-10-20/h5*2-18H,1H3. The molecule has 0 fully saturated rings. The summed E-state index contributed by atoms with van der Waals surface area (Å²) in [4.78, 5) is 47.6. The Kier molecular flexibility index (Phi) is 27.6. The largest absolute Gasteiger partial charge is 0.233 e. The van der Waals surface area contributed by atoms with Crippen LogP contribution in [0.15, 0.2) is 516 Å². The molecular weight excluding hydrogens is 1760 g/mol. The predicted octanol–water partition coefficient (Wildman–Crippen LogP) is 34.7. The van der Waals surface area contributed by atoms with Crippen molar-refractivity contribution >= 4 is 54.5 Å². The van der Waals surface area contributed by atoms with Gasteiger partial charge >= 0.3 is 0 Å². The van der Waals surface area contributed by atoms with Crippen molar-refractivity contribution in [1.29, 1.82) is 0 Å². The highest BCUT2D eigenvalue weighted by atomic mass is 14.9. The van der Waals surface area contributed by atoms with E-state index < -0.39 is 0 Å². The van der Waals surface area contributed by atoms with Gasteiger partial charge in [0.2, 0.25) is 0 Å². The summed E-state index contributed by atoms with van der Waals surface area (Å²) in [6.45, 7) is 9.77. The molecule has 0 radical (unpaired) electrons. The molecule has 690 valence electrons. The first kappa shape index (κ1) is 92.5. The molecule has 25 aromatic rings. The molecule has 0 aliphatic carbocycles. The van der Waals surface area contributed by atoms with Crippen LogP contribution in [-0.4, -0.2) is 49.8 Å². The van der Waals surface area contributed by atoms with E-state index in [2.05, 4.69) is 424 Å². The van der Waals surface area contributed by atoms with E-state index >= 15 is 0 Å². The minimum absolute atomic E-state index is 0.781. The van der Waals surface area contributed by atoms with Crippen molar-refractivity contribution in [2.24, 2.45) is 0 Å². The van der Waals surface area contributed by atoms with Crippen molar-refractivity contribution in [1.82, 2.24) is 49.8 Å². The zero-order valence-corrected chi connectivity index (χ0v) is 81.0. The molecule has 5 heterocycles. The molecule has 10 nitrogen and oxygen atoms in total. The fourth-order valence-corrected chi connectivity index (χ4v) is 19.1. The minimum Gasteiger partial charge on any atom is -0.233 e. The normalized spacial score (nSPS) is 10.9. The minimum atomic E-state index is 0.781. The number of hydrogen-bond acceptors (Lipinski definition) is 10. The van der Waals surface area contributed by atoms with E-state index in [1.165, 1.54) is 83.5 Å². The summed E-state index contributed by atoms with van der Waals surface area (Å²) < 4.78 is 0. The lowest BCUT2D eigenvalue weighted by Gasteiger charge is -2.15. The lowest BCUT2D eigenvalue weighted by Crippen LogP contribution is -1.96. The lowest BCUT2D eigenvalue weighted by atomic mass is 9.91. The SMILES string of the molecule is Cc1nc(-c2ccccc2)c2c(-c3cccc(-c4ccccc4)c3)cccc2n1.Cc1nc(-c2ccccc2)c2c(-c3ccccc3-c3ccccc3)cccc2n1.Cc1nc(-c2ccccc2)c2cc(-c3cccc(-c4ccccc4)c3)ccc2n1.Cc1nc(-c2ccccc2)c2ccc(-c3cccc(-c4ccccc4)c3)cc2n1.Cc1nc(-c2ccccc2)c2cccc(-c3cccc(-c4ccccc4)c3)c2n1. The van der Waals surface area contributed by atoms with Gasteiger partial charge in [0.1, 0.15) is 29.1 Å². The summed E-state index contributed by atoms with van der Waals surface area (Å²) in [5.41, 5.74) is 39.1. The number of benzene rings is 20. The molecule has 10 heteroatoms. The first-order chi connectivity index (χ1) is 71.4. The van der Waals surface area contributed by atoms with Crippen LogP contribution in [0.3, 0.4) is 0 Å². The third kappa shape index (κ3) is 21.0. The van der Waals surface area contributed by atoms with Gasteiger partial charge in [-0.1, -0.05) is 455 Å². The van der Waals surface area contributed by atoms with Crippen molar-refractivity contribution < 1.29 is 0 Å². The van der Waals surface area contributed by atoms with E-state index in [1.807, 2.05) is 132 Å². The topological polar surface area (TPSA) is 129 Å². The molecule has 0 saturated carbocycles. The molecule has 5 aromatic heterocycles. The Hall–Kier alpha value is -18.9. The second-order valence-corrected chi connectivity index (χ2v) is 35.7. The smallest absolute Gasteiger partial charge is 0.126 e. The Balaban J connectivity index is 0.000000107. The van der Waals surface area contributed by atoms with E-state index in [9.17, 15) is 0 Å². The van der Waals surface area contributed by atoms with Crippen LogP contribution in [0.2, 0.25) is 0 Å². The van der Waals surface area contributed by atoms with Gasteiger partial charge in [-0.3, -0.25) is 0 Å². The molecule has 145 heavy (non-hydrogen) atoms. The van der Waals surface area contributed by atoms with Crippen LogP contribution in [0.4, 0.5) is 0 Å². The van der Waals surface area contributed by atoms with Crippen LogP contribution < -0.4 is 0 Å². The second-order valence-electron chi connectivity index (χ2n) is 35.7. The molecule has 25 rings (SSSR count). The Labute approximate surface area is 845 Å². The highest BCUT2D eigenvalue weighted by Gasteiger charge is 2.22. The number of rotatable bonds is 15. The highest BCUT2D eigenvalue weighted by Crippen LogP contribution is 2.44. The third-order valence-electron chi connectivity index (χ3n) is 25.8. The molecule has 0 atom stereocenters. The number of nitrogens with zero attached hydrogens (tertiary/aromatic N) is 10. The maximum Gasteiger partial charge on any atom is 0.126 e. The van der Waals surface area contributed by atoms with Crippen LogP contribution in [0.1, 0.15) is 29.1 Å². The van der Waals surface area contributed by atoms with Gasteiger partial charge in [0.05, 0.1) is 56.1 Å². The number of hydrogen-bond donors (Lipinski definition) is 0. The average molecular weight is 1860 g/mol. The number of para-hydroxylation sites is 1. The summed E-state index contributed by atoms with van der Waals surface area (Å²) in [6.07, 6.45) is 0. The van der Waals surface area contributed by atoms with Gasteiger partial charge in [0, 0.05) is 60.3 Å². The van der Waals surface area contributed by atoms with Gasteiger partial charge in [-0.05, 0) is 201 Å². The van der Waals surface area contributed by atoms with Crippen LogP contribution in [-0.2, 0) is 0 Å².